The van der Waals surface area contributed by atoms with Crippen LogP contribution in [0, 0.1) is 19.7 Å². The third-order valence-corrected chi connectivity index (χ3v) is 4.48. The predicted octanol–water partition coefficient (Wildman–Crippen LogP) is 4.37. The van der Waals surface area contributed by atoms with Crippen LogP contribution >= 0.6 is 11.8 Å². The summed E-state index contributed by atoms with van der Waals surface area (Å²) in [6.07, 6.45) is 0. The van der Waals surface area contributed by atoms with Crippen LogP contribution in [0.25, 0.3) is 0 Å². The number of halogens is 1. The van der Waals surface area contributed by atoms with Crippen LogP contribution in [-0.4, -0.2) is 16.0 Å². The van der Waals surface area contributed by atoms with E-state index in [4.69, 9.17) is 4.52 Å². The fourth-order valence-corrected chi connectivity index (χ4v) is 3.12. The van der Waals surface area contributed by atoms with Gasteiger partial charge in [0.2, 0.25) is 5.89 Å². The SMILES string of the molecule is Cc1ccc(NC(=O)c2ccccc2SCc2nc(C)no2)c(F)c1. The summed E-state index contributed by atoms with van der Waals surface area (Å²) >= 11 is 1.41. The van der Waals surface area contributed by atoms with Crippen LogP contribution in [0.2, 0.25) is 0 Å². The Morgan fingerprint density at radius 2 is 2.04 bits per heavy atom. The average molecular weight is 357 g/mol. The molecule has 1 heterocycles. The van der Waals surface area contributed by atoms with E-state index in [1.54, 1.807) is 38.1 Å². The van der Waals surface area contributed by atoms with Crippen LogP contribution in [0.15, 0.2) is 51.9 Å². The van der Waals surface area contributed by atoms with Gasteiger partial charge in [0.1, 0.15) is 5.82 Å². The molecule has 0 bridgehead atoms. The zero-order valence-corrected chi connectivity index (χ0v) is 14.6. The molecule has 0 radical (unpaired) electrons. The quantitative estimate of drug-likeness (QED) is 0.687. The van der Waals surface area contributed by atoms with E-state index in [1.807, 2.05) is 12.1 Å². The number of benzene rings is 2. The van der Waals surface area contributed by atoms with Crippen molar-refractivity contribution >= 4 is 23.4 Å². The van der Waals surface area contributed by atoms with Gasteiger partial charge in [-0.2, -0.15) is 4.98 Å². The van der Waals surface area contributed by atoms with E-state index in [9.17, 15) is 9.18 Å². The normalized spacial score (nSPS) is 10.7. The zero-order valence-electron chi connectivity index (χ0n) is 13.7. The Bertz CT molecular complexity index is 911. The third kappa shape index (κ3) is 4.24. The largest absolute Gasteiger partial charge is 0.338 e. The summed E-state index contributed by atoms with van der Waals surface area (Å²) in [5.41, 5.74) is 1.41. The van der Waals surface area contributed by atoms with Crippen molar-refractivity contribution in [1.82, 2.24) is 10.1 Å². The minimum Gasteiger partial charge on any atom is -0.338 e. The van der Waals surface area contributed by atoms with E-state index in [-0.39, 0.29) is 11.6 Å². The predicted molar refractivity (Wildman–Crippen MR) is 94.1 cm³/mol. The molecule has 0 aliphatic rings. The summed E-state index contributed by atoms with van der Waals surface area (Å²) in [6.45, 7) is 3.54. The maximum absolute atomic E-state index is 14.0. The monoisotopic (exact) mass is 357 g/mol. The van der Waals surface area contributed by atoms with Gasteiger partial charge in [0.05, 0.1) is 17.0 Å². The second-order valence-corrected chi connectivity index (χ2v) is 6.47. The molecule has 1 N–H and O–H groups in total. The molecule has 25 heavy (non-hydrogen) atoms. The molecular formula is C18H16FN3O2S. The van der Waals surface area contributed by atoms with Crippen molar-refractivity contribution in [1.29, 1.82) is 0 Å². The highest BCUT2D eigenvalue weighted by molar-refractivity contribution is 7.98. The molecular weight excluding hydrogens is 341 g/mol. The van der Waals surface area contributed by atoms with Crippen molar-refractivity contribution in [2.24, 2.45) is 0 Å². The highest BCUT2D eigenvalue weighted by Crippen LogP contribution is 2.27. The number of aromatic nitrogens is 2. The Labute approximate surface area is 148 Å². The molecule has 7 heteroatoms. The highest BCUT2D eigenvalue weighted by atomic mass is 32.2. The van der Waals surface area contributed by atoms with Gasteiger partial charge in [-0.15, -0.1) is 11.8 Å². The molecule has 0 saturated carbocycles. The molecule has 0 atom stereocenters. The van der Waals surface area contributed by atoms with Gasteiger partial charge in [-0.1, -0.05) is 23.4 Å². The first-order chi connectivity index (χ1) is 12.0. The molecule has 0 saturated heterocycles. The Morgan fingerprint density at radius 1 is 1.24 bits per heavy atom. The fourth-order valence-electron chi connectivity index (χ4n) is 2.23. The first-order valence-electron chi connectivity index (χ1n) is 7.61. The van der Waals surface area contributed by atoms with Crippen LogP contribution in [0.5, 0.6) is 0 Å². The molecule has 0 fully saturated rings. The van der Waals surface area contributed by atoms with E-state index >= 15 is 0 Å². The van der Waals surface area contributed by atoms with Gasteiger partial charge in [-0.25, -0.2) is 4.39 Å². The number of carbonyl (C=O) groups is 1. The number of amides is 1. The van der Waals surface area contributed by atoms with Crippen molar-refractivity contribution in [3.05, 3.63) is 71.1 Å². The third-order valence-electron chi connectivity index (χ3n) is 3.43. The van der Waals surface area contributed by atoms with Crippen LogP contribution < -0.4 is 5.32 Å². The maximum atomic E-state index is 14.0. The van der Waals surface area contributed by atoms with Crippen LogP contribution in [0.4, 0.5) is 10.1 Å². The molecule has 1 amide bonds. The number of rotatable bonds is 5. The lowest BCUT2D eigenvalue weighted by molar-refractivity contribution is 0.102. The van der Waals surface area contributed by atoms with Crippen molar-refractivity contribution in [3.63, 3.8) is 0 Å². The first kappa shape index (κ1) is 17.2. The second kappa shape index (κ2) is 7.48. The number of nitrogens with one attached hydrogen (secondary N) is 1. The van der Waals surface area contributed by atoms with Gasteiger partial charge in [0.25, 0.3) is 5.91 Å². The minimum atomic E-state index is -0.459. The zero-order chi connectivity index (χ0) is 17.8. The number of carbonyl (C=O) groups excluding carboxylic acids is 1. The second-order valence-electron chi connectivity index (χ2n) is 5.46. The molecule has 3 aromatic rings. The lowest BCUT2D eigenvalue weighted by Crippen LogP contribution is -2.14. The molecule has 3 rings (SSSR count). The van der Waals surface area contributed by atoms with Gasteiger partial charge < -0.3 is 9.84 Å². The minimum absolute atomic E-state index is 0.155. The summed E-state index contributed by atoms with van der Waals surface area (Å²) in [4.78, 5) is 17.4. The lowest BCUT2D eigenvalue weighted by atomic mass is 10.2. The molecule has 5 nitrogen and oxygen atoms in total. The number of anilines is 1. The maximum Gasteiger partial charge on any atom is 0.256 e. The van der Waals surface area contributed by atoms with Crippen molar-refractivity contribution < 1.29 is 13.7 Å². The summed E-state index contributed by atoms with van der Waals surface area (Å²) in [5.74, 6) is 0.676. The Morgan fingerprint density at radius 3 is 2.76 bits per heavy atom. The molecule has 0 unspecified atom stereocenters. The molecule has 0 aliphatic heterocycles. The van der Waals surface area contributed by atoms with Crippen LogP contribution in [0.1, 0.15) is 27.6 Å². The Hall–Kier alpha value is -2.67. The summed E-state index contributed by atoms with van der Waals surface area (Å²) < 4.78 is 19.0. The summed E-state index contributed by atoms with van der Waals surface area (Å²) in [7, 11) is 0. The van der Waals surface area contributed by atoms with Gasteiger partial charge >= 0.3 is 0 Å². The fraction of sp³-hybridized carbons (Fsp3) is 0.167. The van der Waals surface area contributed by atoms with Gasteiger partial charge in [0.15, 0.2) is 5.82 Å². The molecule has 0 spiro atoms. The number of nitrogens with zero attached hydrogens (tertiary/aromatic N) is 2. The highest BCUT2D eigenvalue weighted by Gasteiger charge is 2.14. The van der Waals surface area contributed by atoms with Crippen molar-refractivity contribution in [2.75, 3.05) is 5.32 Å². The van der Waals surface area contributed by atoms with Gasteiger partial charge in [0, 0.05) is 4.90 Å². The van der Waals surface area contributed by atoms with Crippen LogP contribution in [-0.2, 0) is 5.75 Å². The smallest absolute Gasteiger partial charge is 0.256 e. The molecule has 1 aromatic heterocycles. The summed E-state index contributed by atoms with van der Waals surface area (Å²) in [6, 6.07) is 11.8. The number of aryl methyl sites for hydroxylation is 2. The topological polar surface area (TPSA) is 68.0 Å². The molecule has 0 aliphatic carbocycles. The van der Waals surface area contributed by atoms with Crippen LogP contribution in [0.3, 0.4) is 0 Å². The van der Waals surface area contributed by atoms with Crippen molar-refractivity contribution in [2.45, 2.75) is 24.5 Å². The Kier molecular flexibility index (Phi) is 5.14. The van der Waals surface area contributed by atoms with E-state index in [0.29, 0.717) is 23.0 Å². The number of hydrogen-bond acceptors (Lipinski definition) is 5. The van der Waals surface area contributed by atoms with E-state index in [0.717, 1.165) is 10.5 Å². The number of hydrogen-bond donors (Lipinski definition) is 1. The number of thioether (sulfide) groups is 1. The average Bonchev–Trinajstić information content (AvgIpc) is 3.01. The van der Waals surface area contributed by atoms with Gasteiger partial charge in [-0.3, -0.25) is 4.79 Å². The van der Waals surface area contributed by atoms with E-state index in [2.05, 4.69) is 15.5 Å². The Balaban J connectivity index is 1.76. The van der Waals surface area contributed by atoms with E-state index < -0.39 is 5.82 Å². The standard InChI is InChI=1S/C18H16FN3O2S/c1-11-7-8-15(14(19)9-11)21-18(23)13-5-3-4-6-16(13)25-10-17-20-12(2)22-24-17/h3-9H,10H2,1-2H3,(H,21,23). The first-order valence-corrected chi connectivity index (χ1v) is 8.60. The van der Waals surface area contributed by atoms with Crippen molar-refractivity contribution in [3.8, 4) is 0 Å². The summed E-state index contributed by atoms with van der Waals surface area (Å²) in [5, 5.41) is 6.36. The molecule has 2 aromatic carbocycles. The molecule has 128 valence electrons. The van der Waals surface area contributed by atoms with Gasteiger partial charge in [-0.05, 0) is 43.7 Å². The van der Waals surface area contributed by atoms with E-state index in [1.165, 1.54) is 17.8 Å². The lowest BCUT2D eigenvalue weighted by Gasteiger charge is -2.10.